The number of hydrogen-bond acceptors (Lipinski definition) is 3. The second kappa shape index (κ2) is 3.71. The maximum Gasteiger partial charge on any atom is 0.250 e. The fourth-order valence-electron chi connectivity index (χ4n) is 1.20. The van der Waals surface area contributed by atoms with E-state index >= 15 is 0 Å². The maximum absolute atomic E-state index is 10.9. The molecule has 0 aliphatic carbocycles. The van der Waals surface area contributed by atoms with Gasteiger partial charge in [-0.2, -0.15) is 5.26 Å². The highest BCUT2D eigenvalue weighted by Crippen LogP contribution is 2.16. The number of hydrogen-bond donors (Lipinski definition) is 1. The van der Waals surface area contributed by atoms with Crippen molar-refractivity contribution in [2.24, 2.45) is 5.73 Å². The van der Waals surface area contributed by atoms with Crippen molar-refractivity contribution in [2.75, 3.05) is 0 Å². The zero-order chi connectivity index (χ0) is 10.7. The van der Waals surface area contributed by atoms with Crippen molar-refractivity contribution >= 4 is 12.2 Å². The molecule has 2 N–H and O–H groups in total. The number of nitrogens with zero attached hydrogens (tertiary/aromatic N) is 1. The molecular formula is C10H8N2O2. The lowest BCUT2D eigenvalue weighted by Crippen LogP contribution is -2.14. The second-order valence-corrected chi connectivity index (χ2v) is 2.81. The molecule has 4 nitrogen and oxygen atoms in total. The first-order valence-electron chi connectivity index (χ1n) is 3.90. The van der Waals surface area contributed by atoms with Gasteiger partial charge in [0.15, 0.2) is 6.29 Å². The molecule has 4 heteroatoms. The predicted octanol–water partition coefficient (Wildman–Crippen LogP) is 0.778. The Balaban J connectivity index is 3.58. The molecule has 0 radical (unpaired) electrons. The molecule has 0 bridgehead atoms. The molecule has 0 saturated carbocycles. The number of primary amides is 1. The van der Waals surface area contributed by atoms with Crippen molar-refractivity contribution in [3.8, 4) is 6.07 Å². The van der Waals surface area contributed by atoms with Crippen LogP contribution in [0, 0.1) is 18.3 Å². The molecule has 0 fully saturated rings. The van der Waals surface area contributed by atoms with Crippen molar-refractivity contribution in [2.45, 2.75) is 6.92 Å². The number of benzene rings is 1. The van der Waals surface area contributed by atoms with Crippen LogP contribution in [-0.2, 0) is 0 Å². The standard InChI is InChI=1S/C10H8N2O2/c1-6-2-3-7(10(12)14)8(4-11)9(6)5-13/h2-3,5H,1H3,(H2,12,14). The summed E-state index contributed by atoms with van der Waals surface area (Å²) in [5.41, 5.74) is 6.07. The molecule has 0 spiro atoms. The zero-order valence-corrected chi connectivity index (χ0v) is 7.57. The summed E-state index contributed by atoms with van der Waals surface area (Å²) < 4.78 is 0. The molecule has 1 rings (SSSR count). The summed E-state index contributed by atoms with van der Waals surface area (Å²) in [7, 11) is 0. The summed E-state index contributed by atoms with van der Waals surface area (Å²) >= 11 is 0. The SMILES string of the molecule is Cc1ccc(C(N)=O)c(C#N)c1C=O. The number of aldehydes is 1. The van der Waals surface area contributed by atoms with Gasteiger partial charge in [0.2, 0.25) is 5.91 Å². The third-order valence-electron chi connectivity index (χ3n) is 1.96. The number of nitrogens with two attached hydrogens (primary N) is 1. The molecule has 1 aromatic carbocycles. The van der Waals surface area contributed by atoms with Gasteiger partial charge in [0.25, 0.3) is 0 Å². The van der Waals surface area contributed by atoms with E-state index in [2.05, 4.69) is 0 Å². The average Bonchev–Trinajstić information content (AvgIpc) is 2.16. The second-order valence-electron chi connectivity index (χ2n) is 2.81. The lowest BCUT2D eigenvalue weighted by molar-refractivity contribution is 0.1000. The fourth-order valence-corrected chi connectivity index (χ4v) is 1.20. The number of aryl methyl sites for hydroxylation is 1. The molecule has 0 aliphatic heterocycles. The number of nitriles is 1. The van der Waals surface area contributed by atoms with Crippen LogP contribution in [-0.4, -0.2) is 12.2 Å². The molecule has 14 heavy (non-hydrogen) atoms. The minimum atomic E-state index is -0.704. The Morgan fingerprint density at radius 3 is 2.64 bits per heavy atom. The topological polar surface area (TPSA) is 83.9 Å². The number of rotatable bonds is 2. The zero-order valence-electron chi connectivity index (χ0n) is 7.57. The first-order valence-corrected chi connectivity index (χ1v) is 3.90. The number of carbonyl (C=O) groups is 2. The van der Waals surface area contributed by atoms with E-state index in [-0.39, 0.29) is 16.7 Å². The van der Waals surface area contributed by atoms with Crippen LogP contribution in [0.25, 0.3) is 0 Å². The van der Waals surface area contributed by atoms with Gasteiger partial charge in [-0.15, -0.1) is 0 Å². The van der Waals surface area contributed by atoms with E-state index in [4.69, 9.17) is 11.0 Å². The van der Waals surface area contributed by atoms with Crippen molar-refractivity contribution in [3.05, 3.63) is 34.4 Å². The van der Waals surface area contributed by atoms with E-state index in [1.54, 1.807) is 19.1 Å². The summed E-state index contributed by atoms with van der Waals surface area (Å²) in [5.74, 6) is -0.704. The van der Waals surface area contributed by atoms with E-state index < -0.39 is 5.91 Å². The Labute approximate surface area is 80.9 Å². The van der Waals surface area contributed by atoms with E-state index in [1.165, 1.54) is 6.07 Å². The molecule has 0 heterocycles. The van der Waals surface area contributed by atoms with Crippen molar-refractivity contribution in [1.29, 1.82) is 5.26 Å². The van der Waals surface area contributed by atoms with Gasteiger partial charge in [0, 0.05) is 5.56 Å². The third-order valence-corrected chi connectivity index (χ3v) is 1.96. The monoisotopic (exact) mass is 188 g/mol. The van der Waals surface area contributed by atoms with Gasteiger partial charge in [-0.05, 0) is 18.6 Å². The van der Waals surface area contributed by atoms with E-state index in [0.29, 0.717) is 11.8 Å². The summed E-state index contributed by atoms with van der Waals surface area (Å²) in [6, 6.07) is 4.84. The van der Waals surface area contributed by atoms with Crippen LogP contribution in [0.15, 0.2) is 12.1 Å². The minimum absolute atomic E-state index is 0.0486. The highest BCUT2D eigenvalue weighted by Gasteiger charge is 2.13. The average molecular weight is 188 g/mol. The Kier molecular flexibility index (Phi) is 2.63. The smallest absolute Gasteiger partial charge is 0.250 e. The minimum Gasteiger partial charge on any atom is -0.366 e. The largest absolute Gasteiger partial charge is 0.366 e. The van der Waals surface area contributed by atoms with Gasteiger partial charge < -0.3 is 5.73 Å². The van der Waals surface area contributed by atoms with Crippen LogP contribution in [0.5, 0.6) is 0 Å². The maximum atomic E-state index is 10.9. The van der Waals surface area contributed by atoms with E-state index in [0.717, 1.165) is 0 Å². The highest BCUT2D eigenvalue weighted by atomic mass is 16.1. The molecule has 0 saturated heterocycles. The van der Waals surface area contributed by atoms with Gasteiger partial charge in [0.05, 0.1) is 11.1 Å². The summed E-state index contributed by atoms with van der Waals surface area (Å²) in [6.45, 7) is 1.69. The van der Waals surface area contributed by atoms with Crippen molar-refractivity contribution < 1.29 is 9.59 Å². The molecule has 1 amide bonds. The Morgan fingerprint density at radius 1 is 1.57 bits per heavy atom. The Bertz CT molecular complexity index is 444. The van der Waals surface area contributed by atoms with Crippen LogP contribution in [0.1, 0.15) is 31.8 Å². The van der Waals surface area contributed by atoms with Gasteiger partial charge in [-0.3, -0.25) is 9.59 Å². The van der Waals surface area contributed by atoms with Crippen LogP contribution < -0.4 is 5.73 Å². The first-order chi connectivity index (χ1) is 6.61. The molecule has 0 atom stereocenters. The number of carbonyl (C=O) groups excluding carboxylic acids is 2. The predicted molar refractivity (Wildman–Crippen MR) is 49.8 cm³/mol. The van der Waals surface area contributed by atoms with Gasteiger partial charge in [0.1, 0.15) is 6.07 Å². The summed E-state index contributed by atoms with van der Waals surface area (Å²) in [4.78, 5) is 21.6. The Morgan fingerprint density at radius 2 is 2.21 bits per heavy atom. The first kappa shape index (κ1) is 9.93. The van der Waals surface area contributed by atoms with Crippen LogP contribution in [0.3, 0.4) is 0 Å². The number of amides is 1. The molecule has 1 aromatic rings. The fraction of sp³-hybridized carbons (Fsp3) is 0.100. The van der Waals surface area contributed by atoms with E-state index in [1.807, 2.05) is 0 Å². The Hall–Kier alpha value is -2.15. The molecule has 70 valence electrons. The van der Waals surface area contributed by atoms with Gasteiger partial charge in [-0.1, -0.05) is 6.07 Å². The van der Waals surface area contributed by atoms with Crippen LogP contribution in [0.2, 0.25) is 0 Å². The highest BCUT2D eigenvalue weighted by molar-refractivity contribution is 5.98. The molecule has 0 unspecified atom stereocenters. The summed E-state index contributed by atoms with van der Waals surface area (Å²) in [5, 5.41) is 8.79. The van der Waals surface area contributed by atoms with Crippen LogP contribution >= 0.6 is 0 Å². The lowest BCUT2D eigenvalue weighted by atomic mass is 9.98. The van der Waals surface area contributed by atoms with Gasteiger partial charge in [-0.25, -0.2) is 0 Å². The quantitative estimate of drug-likeness (QED) is 0.696. The normalized spacial score (nSPS) is 9.14. The lowest BCUT2D eigenvalue weighted by Gasteiger charge is -2.04. The molecular weight excluding hydrogens is 180 g/mol. The van der Waals surface area contributed by atoms with E-state index in [9.17, 15) is 9.59 Å². The molecule has 0 aliphatic rings. The van der Waals surface area contributed by atoms with Crippen molar-refractivity contribution in [1.82, 2.24) is 0 Å². The van der Waals surface area contributed by atoms with Crippen LogP contribution in [0.4, 0.5) is 0 Å². The van der Waals surface area contributed by atoms with Crippen molar-refractivity contribution in [3.63, 3.8) is 0 Å². The molecule has 0 aromatic heterocycles. The summed E-state index contributed by atoms with van der Waals surface area (Å²) in [6.07, 6.45) is 0.556. The van der Waals surface area contributed by atoms with Gasteiger partial charge >= 0.3 is 0 Å². The third kappa shape index (κ3) is 1.48.